The molecule has 3 aromatic rings. The molecule has 19 heavy (non-hydrogen) atoms. The second-order valence-electron chi connectivity index (χ2n) is 3.83. The number of hydrogen-bond acceptors (Lipinski definition) is 3. The summed E-state index contributed by atoms with van der Waals surface area (Å²) in [5.41, 5.74) is 0.569. The van der Waals surface area contributed by atoms with Gasteiger partial charge in [-0.25, -0.2) is 4.39 Å². The normalized spacial score (nSPS) is 10.9. The van der Waals surface area contributed by atoms with Crippen molar-refractivity contribution in [1.29, 1.82) is 0 Å². The van der Waals surface area contributed by atoms with Crippen molar-refractivity contribution in [3.8, 4) is 0 Å². The molecular formula is C13H7ClF2N2O. The van der Waals surface area contributed by atoms with Gasteiger partial charge in [0.05, 0.1) is 10.7 Å². The number of oxazole rings is 1. The summed E-state index contributed by atoms with van der Waals surface area (Å²) in [6.45, 7) is 0. The lowest BCUT2D eigenvalue weighted by atomic mass is 10.3. The Labute approximate surface area is 111 Å². The maximum absolute atomic E-state index is 13.5. The average molecular weight is 281 g/mol. The van der Waals surface area contributed by atoms with E-state index in [9.17, 15) is 8.78 Å². The minimum Gasteiger partial charge on any atom is -0.420 e. The molecule has 0 aliphatic carbocycles. The van der Waals surface area contributed by atoms with Crippen LogP contribution in [0.4, 0.5) is 20.5 Å². The molecule has 0 saturated heterocycles. The summed E-state index contributed by atoms with van der Waals surface area (Å²) in [5, 5.41) is 3.28. The van der Waals surface area contributed by atoms with Gasteiger partial charge in [-0.1, -0.05) is 23.7 Å². The highest BCUT2D eigenvalue weighted by molar-refractivity contribution is 6.33. The standard InChI is InChI=1S/C13H7ClF2N2O/c14-7-3-1-2-4-9(7)17-13-18-10-6-5-8(15)11(16)12(10)19-13/h1-6H,(H,17,18). The van der Waals surface area contributed by atoms with Gasteiger partial charge in [0.25, 0.3) is 6.01 Å². The molecular weight excluding hydrogens is 274 g/mol. The quantitative estimate of drug-likeness (QED) is 0.751. The molecule has 0 atom stereocenters. The minimum atomic E-state index is -1.06. The van der Waals surface area contributed by atoms with E-state index >= 15 is 0 Å². The average Bonchev–Trinajstić information content (AvgIpc) is 2.80. The Balaban J connectivity index is 2.03. The number of anilines is 2. The Morgan fingerprint density at radius 2 is 1.89 bits per heavy atom. The number of rotatable bonds is 2. The van der Waals surface area contributed by atoms with Gasteiger partial charge < -0.3 is 9.73 Å². The van der Waals surface area contributed by atoms with Crippen molar-refractivity contribution in [3.05, 3.63) is 53.1 Å². The molecule has 1 heterocycles. The number of nitrogens with one attached hydrogen (secondary N) is 1. The van der Waals surface area contributed by atoms with Crippen LogP contribution in [0, 0.1) is 11.6 Å². The highest BCUT2D eigenvalue weighted by Gasteiger charge is 2.14. The summed E-state index contributed by atoms with van der Waals surface area (Å²) in [4.78, 5) is 4.01. The van der Waals surface area contributed by atoms with E-state index in [1.165, 1.54) is 6.07 Å². The van der Waals surface area contributed by atoms with Crippen molar-refractivity contribution < 1.29 is 13.2 Å². The van der Waals surface area contributed by atoms with Crippen molar-refractivity contribution in [3.63, 3.8) is 0 Å². The number of halogens is 3. The minimum absolute atomic E-state index is 0.0487. The number of nitrogens with zero attached hydrogens (tertiary/aromatic N) is 1. The van der Waals surface area contributed by atoms with E-state index in [-0.39, 0.29) is 17.1 Å². The Hall–Kier alpha value is -2.14. The van der Waals surface area contributed by atoms with E-state index in [4.69, 9.17) is 16.0 Å². The van der Waals surface area contributed by atoms with E-state index in [2.05, 4.69) is 10.3 Å². The molecule has 0 unspecified atom stereocenters. The zero-order valence-corrected chi connectivity index (χ0v) is 10.2. The van der Waals surface area contributed by atoms with Gasteiger partial charge in [-0.15, -0.1) is 0 Å². The largest absolute Gasteiger partial charge is 0.420 e. The molecule has 0 fully saturated rings. The van der Waals surface area contributed by atoms with Gasteiger partial charge in [0.1, 0.15) is 5.52 Å². The zero-order valence-electron chi connectivity index (χ0n) is 9.45. The van der Waals surface area contributed by atoms with Crippen LogP contribution in [0.1, 0.15) is 0 Å². The van der Waals surface area contributed by atoms with E-state index in [0.29, 0.717) is 10.7 Å². The molecule has 1 N–H and O–H groups in total. The van der Waals surface area contributed by atoms with Crippen LogP contribution < -0.4 is 5.32 Å². The Bertz CT molecular complexity index is 757. The lowest BCUT2D eigenvalue weighted by molar-refractivity contribution is 0.494. The highest BCUT2D eigenvalue weighted by atomic mass is 35.5. The van der Waals surface area contributed by atoms with Gasteiger partial charge in [-0.3, -0.25) is 0 Å². The Morgan fingerprint density at radius 3 is 2.68 bits per heavy atom. The van der Waals surface area contributed by atoms with Gasteiger partial charge in [0, 0.05) is 0 Å². The lowest BCUT2D eigenvalue weighted by Gasteiger charge is -2.02. The summed E-state index contributed by atoms with van der Waals surface area (Å²) in [5.74, 6) is -2.04. The maximum atomic E-state index is 13.5. The number of benzene rings is 2. The fourth-order valence-corrected chi connectivity index (χ4v) is 1.85. The third-order valence-corrected chi connectivity index (χ3v) is 2.89. The second kappa shape index (κ2) is 4.51. The molecule has 0 amide bonds. The molecule has 3 rings (SSSR count). The van der Waals surface area contributed by atoms with Crippen molar-refractivity contribution in [1.82, 2.24) is 4.98 Å². The van der Waals surface area contributed by atoms with Gasteiger partial charge in [-0.05, 0) is 24.3 Å². The van der Waals surface area contributed by atoms with Crippen LogP contribution in [0.5, 0.6) is 0 Å². The third kappa shape index (κ3) is 2.13. The van der Waals surface area contributed by atoms with Crippen LogP contribution in [0.25, 0.3) is 11.1 Å². The molecule has 0 aliphatic rings. The lowest BCUT2D eigenvalue weighted by Crippen LogP contribution is -1.90. The summed E-state index contributed by atoms with van der Waals surface area (Å²) in [6, 6.07) is 9.34. The topological polar surface area (TPSA) is 38.1 Å². The monoisotopic (exact) mass is 280 g/mol. The number of para-hydroxylation sites is 1. The molecule has 3 nitrogen and oxygen atoms in total. The highest BCUT2D eigenvalue weighted by Crippen LogP contribution is 2.28. The van der Waals surface area contributed by atoms with Crippen LogP contribution in [-0.2, 0) is 0 Å². The smallest absolute Gasteiger partial charge is 0.300 e. The van der Waals surface area contributed by atoms with Crippen LogP contribution in [0.15, 0.2) is 40.8 Å². The molecule has 0 aliphatic heterocycles. The summed E-state index contributed by atoms with van der Waals surface area (Å²) >= 11 is 5.96. The first-order chi connectivity index (χ1) is 9.15. The first-order valence-electron chi connectivity index (χ1n) is 5.41. The van der Waals surface area contributed by atoms with Crippen molar-refractivity contribution in [2.75, 3.05) is 5.32 Å². The third-order valence-electron chi connectivity index (χ3n) is 2.57. The van der Waals surface area contributed by atoms with Crippen LogP contribution in [0.2, 0.25) is 5.02 Å². The molecule has 0 spiro atoms. The maximum Gasteiger partial charge on any atom is 0.300 e. The predicted molar refractivity (Wildman–Crippen MR) is 68.7 cm³/mol. The molecule has 2 aromatic carbocycles. The van der Waals surface area contributed by atoms with Gasteiger partial charge >= 0.3 is 0 Å². The molecule has 0 radical (unpaired) electrons. The summed E-state index contributed by atoms with van der Waals surface area (Å²) in [7, 11) is 0. The number of aromatic nitrogens is 1. The first-order valence-corrected chi connectivity index (χ1v) is 5.79. The predicted octanol–water partition coefficient (Wildman–Crippen LogP) is 4.50. The van der Waals surface area contributed by atoms with Crippen LogP contribution >= 0.6 is 11.6 Å². The van der Waals surface area contributed by atoms with Gasteiger partial charge in [0.15, 0.2) is 11.4 Å². The Morgan fingerprint density at radius 1 is 1.11 bits per heavy atom. The van der Waals surface area contributed by atoms with E-state index in [0.717, 1.165) is 6.07 Å². The fourth-order valence-electron chi connectivity index (χ4n) is 1.67. The Kier molecular flexibility index (Phi) is 2.83. The SMILES string of the molecule is Fc1ccc2nc(Nc3ccccc3Cl)oc2c1F. The fraction of sp³-hybridized carbons (Fsp3) is 0. The second-order valence-corrected chi connectivity index (χ2v) is 4.24. The van der Waals surface area contributed by atoms with E-state index < -0.39 is 11.6 Å². The molecule has 1 aromatic heterocycles. The van der Waals surface area contributed by atoms with Crippen molar-refractivity contribution in [2.45, 2.75) is 0 Å². The van der Waals surface area contributed by atoms with Crippen LogP contribution in [-0.4, -0.2) is 4.98 Å². The van der Waals surface area contributed by atoms with Gasteiger partial charge in [0.2, 0.25) is 5.82 Å². The van der Waals surface area contributed by atoms with Gasteiger partial charge in [-0.2, -0.15) is 9.37 Å². The van der Waals surface area contributed by atoms with Crippen molar-refractivity contribution >= 4 is 34.4 Å². The van der Waals surface area contributed by atoms with E-state index in [1.807, 2.05) is 0 Å². The number of fused-ring (bicyclic) bond motifs is 1. The van der Waals surface area contributed by atoms with Crippen LogP contribution in [0.3, 0.4) is 0 Å². The summed E-state index contributed by atoms with van der Waals surface area (Å²) < 4.78 is 31.7. The van der Waals surface area contributed by atoms with Crippen molar-refractivity contribution in [2.24, 2.45) is 0 Å². The first kappa shape index (κ1) is 11.9. The zero-order chi connectivity index (χ0) is 13.4. The molecule has 0 bridgehead atoms. The van der Waals surface area contributed by atoms with E-state index in [1.54, 1.807) is 24.3 Å². The molecule has 96 valence electrons. The number of hydrogen-bond donors (Lipinski definition) is 1. The summed E-state index contributed by atoms with van der Waals surface area (Å²) in [6.07, 6.45) is 0. The molecule has 0 saturated carbocycles. The molecule has 6 heteroatoms.